The summed E-state index contributed by atoms with van der Waals surface area (Å²) in [6, 6.07) is 72.3. The van der Waals surface area contributed by atoms with Crippen molar-refractivity contribution in [2.24, 2.45) is 0 Å². The van der Waals surface area contributed by atoms with Gasteiger partial charge in [0.2, 0.25) is 0 Å². The lowest BCUT2D eigenvalue weighted by atomic mass is 9.82. The first-order valence-electron chi connectivity index (χ1n) is 26.1. The molecule has 0 atom stereocenters. The predicted octanol–water partition coefficient (Wildman–Crippen LogP) is 14.4. The van der Waals surface area contributed by atoms with Crippen LogP contribution in [0, 0.1) is 0 Å². The Kier molecular flexibility index (Phi) is 14.0. The monoisotopic (exact) mass is 1110 g/mol. The van der Waals surface area contributed by atoms with Crippen LogP contribution in [0.25, 0.3) is 22.3 Å². The summed E-state index contributed by atoms with van der Waals surface area (Å²) < 4.78 is 0. The van der Waals surface area contributed by atoms with Gasteiger partial charge < -0.3 is 0 Å². The Labute approximate surface area is 459 Å². The summed E-state index contributed by atoms with van der Waals surface area (Å²) in [6.07, 6.45) is 0. The maximum Gasteiger partial charge on any atom is 0.179 e. The Morgan fingerprint density at radius 3 is 0.945 bits per heavy atom. The zero-order valence-corrected chi connectivity index (χ0v) is 53.7. The maximum absolute atomic E-state index is 3.09. The Morgan fingerprint density at radius 1 is 0.301 bits per heavy atom. The van der Waals surface area contributed by atoms with Crippen molar-refractivity contribution >= 4 is 123 Å². The molecule has 2 aliphatic rings. The zero-order chi connectivity index (χ0) is 51.9. The van der Waals surface area contributed by atoms with E-state index in [9.17, 15) is 0 Å². The van der Waals surface area contributed by atoms with Gasteiger partial charge in [0.05, 0.1) is 0 Å². The quantitative estimate of drug-likeness (QED) is 0.120. The first-order valence-corrected chi connectivity index (χ1v) is 46.2. The largest absolute Gasteiger partial charge is 0.179 e. The molecule has 0 nitrogen and oxygen atoms in total. The second kappa shape index (κ2) is 19.4. The third-order valence-electron chi connectivity index (χ3n) is 15.4. The summed E-state index contributed by atoms with van der Waals surface area (Å²) in [4.78, 5) is 5.85. The third kappa shape index (κ3) is 9.64. The second-order valence-corrected chi connectivity index (χ2v) is 59.6. The van der Waals surface area contributed by atoms with Crippen LogP contribution in [-0.4, -0.2) is 37.0 Å². The van der Waals surface area contributed by atoms with Crippen molar-refractivity contribution in [3.05, 3.63) is 193 Å². The zero-order valence-electron chi connectivity index (χ0n) is 45.5. The topological polar surface area (TPSA) is 0 Å². The van der Waals surface area contributed by atoms with E-state index in [0.29, 0.717) is 0 Å². The number of fused-ring (bicyclic) bond motifs is 4. The molecule has 0 bridgehead atoms. The van der Waals surface area contributed by atoms with Crippen LogP contribution in [-0.2, 0) is 10.8 Å². The smallest absolute Gasteiger partial charge is 0.145 e. The van der Waals surface area contributed by atoms with Crippen LogP contribution >= 0.6 is 44.8 Å². The molecule has 73 heavy (non-hydrogen) atoms. The highest BCUT2D eigenvalue weighted by Crippen LogP contribution is 2.50. The van der Waals surface area contributed by atoms with E-state index < -0.39 is 37.0 Å². The second-order valence-electron chi connectivity index (χ2n) is 24.3. The lowest BCUT2D eigenvalue weighted by Crippen LogP contribution is -2.74. The van der Waals surface area contributed by atoms with E-state index in [1.165, 1.54) is 73.7 Å². The fraction of sp³-hybridized carbons (Fsp3) is 0.250. The highest BCUT2D eigenvalue weighted by Gasteiger charge is 2.45. The van der Waals surface area contributed by atoms with Crippen LogP contribution in [0.1, 0.15) is 52.7 Å². The van der Waals surface area contributed by atoms with Crippen molar-refractivity contribution in [1.82, 2.24) is 0 Å². The Hall–Kier alpha value is -3.76. The van der Waals surface area contributed by atoms with Gasteiger partial charge in [0, 0.05) is 19.6 Å². The Morgan fingerprint density at radius 2 is 0.616 bits per heavy atom. The van der Waals surface area contributed by atoms with Crippen LogP contribution in [0.3, 0.4) is 0 Å². The van der Waals surface area contributed by atoms with E-state index in [2.05, 4.69) is 321 Å². The SMILES string of the molecule is CC(C)(C)c1ccc([Si](c2ccccc2)(c2ccccc2)c2ccc(C(C)(C)C)c(-c3cccc4c3S[Si](C)(C)c3ccccc3[Si](C)(C)S4)c2)cc1-c1cccc2c1S[Si](C)(C)c1ccccc1[Si](C)(C)S2. The number of rotatable bonds is 6. The number of hydrogen-bond acceptors (Lipinski definition) is 4. The van der Waals surface area contributed by atoms with E-state index >= 15 is 0 Å². The molecule has 10 rings (SSSR count). The minimum Gasteiger partial charge on any atom is -0.145 e. The fourth-order valence-electron chi connectivity index (χ4n) is 11.9. The van der Waals surface area contributed by atoms with Crippen molar-refractivity contribution in [2.45, 2.75) is 124 Å². The summed E-state index contributed by atoms with van der Waals surface area (Å²) in [7, 11) is -11.0. The standard InChI is InChI=1S/C64H72S4Si5/c1-63(2,3)53-41-39-47(43-51(53)49-31-25-33-55-61(49)67-71(11,12)59-37-23-21-35-57(59)69(7,8)65-55)73(45-27-17-15-18-28-45,46-29-19-16-20-30-46)48-40-42-54(64(4,5)6)52(44-48)50-32-26-34-56-62(50)68-72(13,14)60-38-24-22-36-58(60)70(9,10)66-56/h15-44H,1-14H3. The van der Waals surface area contributed by atoms with E-state index in [4.69, 9.17) is 0 Å². The lowest BCUT2D eigenvalue weighted by Gasteiger charge is -2.38. The van der Waals surface area contributed by atoms with Gasteiger partial charge in [0.25, 0.3) is 0 Å². The molecule has 0 aliphatic carbocycles. The van der Waals surface area contributed by atoms with Gasteiger partial charge >= 0.3 is 0 Å². The van der Waals surface area contributed by atoms with E-state index in [1.807, 2.05) is 0 Å². The summed E-state index contributed by atoms with van der Waals surface area (Å²) in [5.74, 6) is 0. The molecule has 8 aromatic rings. The first-order chi connectivity index (χ1) is 34.4. The van der Waals surface area contributed by atoms with Gasteiger partial charge in [-0.05, 0) is 97.8 Å². The molecule has 0 spiro atoms. The van der Waals surface area contributed by atoms with Crippen molar-refractivity contribution < 1.29 is 0 Å². The van der Waals surface area contributed by atoms with Crippen molar-refractivity contribution in [1.29, 1.82) is 0 Å². The third-order valence-corrected chi connectivity index (χ3v) is 43.6. The van der Waals surface area contributed by atoms with Crippen LogP contribution < -0.4 is 41.5 Å². The van der Waals surface area contributed by atoms with Crippen LogP contribution in [0.2, 0.25) is 52.4 Å². The number of benzene rings is 8. The van der Waals surface area contributed by atoms with Gasteiger partial charge in [-0.1, -0.05) is 264 Å². The van der Waals surface area contributed by atoms with Gasteiger partial charge in [-0.3, -0.25) is 0 Å². The van der Waals surface area contributed by atoms with Crippen molar-refractivity contribution in [2.75, 3.05) is 0 Å². The van der Waals surface area contributed by atoms with Crippen LogP contribution in [0.5, 0.6) is 0 Å². The average molecular weight is 1110 g/mol. The molecular formula is C64H72S4Si5. The molecule has 2 heterocycles. The van der Waals surface area contributed by atoms with Crippen LogP contribution in [0.4, 0.5) is 0 Å². The average Bonchev–Trinajstić information content (AvgIpc) is 3.34. The van der Waals surface area contributed by atoms with Crippen LogP contribution in [0.15, 0.2) is 202 Å². The molecule has 372 valence electrons. The van der Waals surface area contributed by atoms with Crippen molar-refractivity contribution in [3.63, 3.8) is 0 Å². The fourth-order valence-corrected chi connectivity index (χ4v) is 44.1. The minimum absolute atomic E-state index is 0.0937. The Bertz CT molecular complexity index is 3160. The highest BCUT2D eigenvalue weighted by molar-refractivity contribution is 8.34. The molecule has 0 unspecified atom stereocenters. The molecule has 0 fully saturated rings. The number of hydrogen-bond donors (Lipinski definition) is 0. The predicted molar refractivity (Wildman–Crippen MR) is 343 cm³/mol. The molecule has 0 radical (unpaired) electrons. The molecule has 8 aromatic carbocycles. The van der Waals surface area contributed by atoms with Gasteiger partial charge in [-0.25, -0.2) is 0 Å². The summed E-state index contributed by atoms with van der Waals surface area (Å²) in [5.41, 5.74) is 8.14. The van der Waals surface area contributed by atoms with E-state index in [0.717, 1.165) is 0 Å². The molecule has 0 aromatic heterocycles. The molecule has 2 aliphatic heterocycles. The minimum atomic E-state index is -3.09. The van der Waals surface area contributed by atoms with Crippen molar-refractivity contribution in [3.8, 4) is 22.3 Å². The van der Waals surface area contributed by atoms with Gasteiger partial charge in [-0.2, -0.15) is 0 Å². The normalized spacial score (nSPS) is 16.8. The molecule has 0 saturated carbocycles. The van der Waals surface area contributed by atoms with Gasteiger partial charge in [0.1, 0.15) is 28.9 Å². The summed E-state index contributed by atoms with van der Waals surface area (Å²) in [5, 5.41) is 12.1. The van der Waals surface area contributed by atoms with Gasteiger partial charge in [-0.15, -0.1) is 44.8 Å². The molecule has 0 saturated heterocycles. The Balaban J connectivity index is 1.27. The lowest BCUT2D eigenvalue weighted by molar-refractivity contribution is 0.591. The first kappa shape index (κ1) is 52.7. The van der Waals surface area contributed by atoms with Gasteiger partial charge in [0.15, 0.2) is 8.07 Å². The highest BCUT2D eigenvalue weighted by atomic mass is 32.4. The molecule has 0 N–H and O–H groups in total. The summed E-state index contributed by atoms with van der Waals surface area (Å²) >= 11 is 8.75. The molecular weight excluding hydrogens is 1040 g/mol. The molecule has 0 amide bonds. The maximum atomic E-state index is 2.69. The van der Waals surface area contributed by atoms with E-state index in [1.54, 1.807) is 20.7 Å². The molecule has 9 heteroatoms. The summed E-state index contributed by atoms with van der Waals surface area (Å²) in [6.45, 7) is 35.1. The van der Waals surface area contributed by atoms with E-state index in [-0.39, 0.29) is 10.8 Å².